The molecule has 2 heterocycles. The number of hydrogen-bond donors (Lipinski definition) is 4. The summed E-state index contributed by atoms with van der Waals surface area (Å²) in [6.07, 6.45) is -5.30. The van der Waals surface area contributed by atoms with Crippen LogP contribution in [-0.2, 0) is 33.2 Å². The lowest BCUT2D eigenvalue weighted by atomic mass is 9.77. The van der Waals surface area contributed by atoms with E-state index in [1.54, 1.807) is 39.6 Å². The first-order valence-electron chi connectivity index (χ1n) is 20.6. The van der Waals surface area contributed by atoms with Gasteiger partial charge in [-0.05, 0) is 88.9 Å². The Hall–Kier alpha value is -0.970. The van der Waals surface area contributed by atoms with Gasteiger partial charge < -0.3 is 53.7 Å². The lowest BCUT2D eigenvalue weighted by molar-refractivity contribution is -0.296. The summed E-state index contributed by atoms with van der Waals surface area (Å²) < 4.78 is 37.2. The summed E-state index contributed by atoms with van der Waals surface area (Å²) in [4.78, 5) is 17.6. The summed E-state index contributed by atoms with van der Waals surface area (Å²) in [6, 6.07) is 0.283. The first kappa shape index (κ1) is 55.1. The van der Waals surface area contributed by atoms with Crippen LogP contribution >= 0.6 is 0 Å². The molecule has 0 aliphatic carbocycles. The summed E-state index contributed by atoms with van der Waals surface area (Å²) in [7, 11) is 7.24. The lowest BCUT2D eigenvalue weighted by Crippen LogP contribution is -2.58. The van der Waals surface area contributed by atoms with Crippen molar-refractivity contribution in [2.24, 2.45) is 11.3 Å². The Kier molecular flexibility index (Phi) is 26.7. The number of carbonyl (C=O) groups is 1. The van der Waals surface area contributed by atoms with E-state index < -0.39 is 77.8 Å². The maximum Gasteiger partial charge on any atom is 0.311 e. The molecule has 0 amide bonds. The van der Waals surface area contributed by atoms with Crippen LogP contribution in [0.2, 0.25) is 0 Å². The number of esters is 1. The third-order valence-corrected chi connectivity index (χ3v) is 10.9. The van der Waals surface area contributed by atoms with E-state index in [1.165, 1.54) is 14.0 Å². The SMILES string of the molecule is CC.CC.CC.CC[C@H]1OC(=O)C(C)[C@@H](O[C@H]2C[C@@](C)(OC)[C@@H](O)C(C)O2)C[C@@H](OC(C)OC(C)CC(C)N(C)C)[C@](C)(CO)CCN(C)C(O)[C@]1(C)O. The van der Waals surface area contributed by atoms with Crippen LogP contribution in [-0.4, -0.2) is 150 Å². The molecule has 2 fully saturated rings. The Bertz CT molecular complexity index is 991. The molecule has 0 saturated carbocycles. The van der Waals surface area contributed by atoms with Crippen LogP contribution in [0.15, 0.2) is 0 Å². The molecule has 13 heteroatoms. The fourth-order valence-electron chi connectivity index (χ4n) is 6.74. The van der Waals surface area contributed by atoms with E-state index in [-0.39, 0.29) is 38.0 Å². The normalized spacial score (nSPS) is 37.2. The third kappa shape index (κ3) is 15.8. The summed E-state index contributed by atoms with van der Waals surface area (Å²) in [5, 5.41) is 44.5. The number of ether oxygens (including phenoxy) is 6. The van der Waals surface area contributed by atoms with E-state index in [2.05, 4.69) is 11.8 Å². The van der Waals surface area contributed by atoms with Crippen molar-refractivity contribution in [3.05, 3.63) is 0 Å². The van der Waals surface area contributed by atoms with Crippen molar-refractivity contribution in [1.29, 1.82) is 0 Å². The highest BCUT2D eigenvalue weighted by Crippen LogP contribution is 2.39. The third-order valence-electron chi connectivity index (χ3n) is 10.9. The number of nitrogens with zero attached hydrogens (tertiary/aromatic N) is 2. The van der Waals surface area contributed by atoms with Gasteiger partial charge >= 0.3 is 5.97 Å². The maximum absolute atomic E-state index is 13.8. The summed E-state index contributed by atoms with van der Waals surface area (Å²) >= 11 is 0. The van der Waals surface area contributed by atoms with Crippen molar-refractivity contribution in [2.45, 2.75) is 209 Å². The van der Waals surface area contributed by atoms with E-state index in [4.69, 9.17) is 28.4 Å². The van der Waals surface area contributed by atoms with Crippen LogP contribution in [0.1, 0.15) is 136 Å². The predicted octanol–water partition coefficient (Wildman–Crippen LogP) is 5.58. The highest BCUT2D eigenvalue weighted by molar-refractivity contribution is 5.73. The number of hydrogen-bond acceptors (Lipinski definition) is 13. The number of aliphatic hydroxyl groups excluding tert-OH is 3. The molecular weight excluding hydrogens is 696 g/mol. The van der Waals surface area contributed by atoms with Gasteiger partial charge in [0.05, 0.1) is 42.5 Å². The quantitative estimate of drug-likeness (QED) is 0.144. The summed E-state index contributed by atoms with van der Waals surface area (Å²) in [5.74, 6) is -1.50. The molecule has 2 aliphatic heterocycles. The van der Waals surface area contributed by atoms with Gasteiger partial charge in [0.2, 0.25) is 0 Å². The van der Waals surface area contributed by atoms with Gasteiger partial charge in [0.1, 0.15) is 24.0 Å². The average molecular weight is 783 g/mol. The molecule has 0 aromatic heterocycles. The Morgan fingerprint density at radius 2 is 1.57 bits per heavy atom. The fraction of sp³-hybridized carbons (Fsp3) is 0.976. The molecule has 4 N–H and O–H groups in total. The molecule has 2 aliphatic rings. The molecule has 326 valence electrons. The minimum absolute atomic E-state index is 0.127. The van der Waals surface area contributed by atoms with Gasteiger partial charge in [0.25, 0.3) is 0 Å². The second-order valence-electron chi connectivity index (χ2n) is 15.3. The monoisotopic (exact) mass is 783 g/mol. The minimum atomic E-state index is -1.80. The van der Waals surface area contributed by atoms with Gasteiger partial charge in [-0.1, -0.05) is 55.4 Å². The van der Waals surface area contributed by atoms with Gasteiger partial charge in [0.15, 0.2) is 12.6 Å². The standard InChI is InChI=1S/C35H68N2O11.3C2H6/c1-14-27-35(9,42)32(41)37(12)16-15-33(7,20-38)28(46-25(6)44-22(3)17-21(2)36(10)11)18-26(23(4)31(40)48-27)47-29-19-34(8,43-13)30(39)24(5)45-29;3*1-2/h21-30,32,38-39,41-42H,14-20H2,1-13H3;3*1-2H3/t21?,22?,23?,24?,25?,26-,27+,28+,29-,30-,32?,33-,34+,35+;;;/m0.../s1. The summed E-state index contributed by atoms with van der Waals surface area (Å²) in [6.45, 7) is 28.3. The van der Waals surface area contributed by atoms with Gasteiger partial charge in [-0.25, -0.2) is 0 Å². The summed E-state index contributed by atoms with van der Waals surface area (Å²) in [5.41, 5.74) is -3.64. The molecule has 54 heavy (non-hydrogen) atoms. The zero-order valence-electron chi connectivity index (χ0n) is 37.8. The van der Waals surface area contributed by atoms with Gasteiger partial charge in [-0.3, -0.25) is 9.69 Å². The largest absolute Gasteiger partial charge is 0.459 e. The second kappa shape index (κ2) is 26.1. The van der Waals surface area contributed by atoms with Crippen molar-refractivity contribution >= 4 is 5.97 Å². The van der Waals surface area contributed by atoms with Crippen LogP contribution < -0.4 is 0 Å². The first-order valence-corrected chi connectivity index (χ1v) is 20.6. The topological polar surface area (TPSA) is 160 Å². The van der Waals surface area contributed by atoms with Crippen LogP contribution in [0.25, 0.3) is 0 Å². The molecule has 0 spiro atoms. The Balaban J connectivity index is 0. The van der Waals surface area contributed by atoms with Crippen molar-refractivity contribution in [2.75, 3.05) is 41.4 Å². The lowest BCUT2D eigenvalue weighted by Gasteiger charge is -2.46. The van der Waals surface area contributed by atoms with Crippen LogP contribution in [0.4, 0.5) is 0 Å². The molecule has 6 unspecified atom stereocenters. The zero-order valence-corrected chi connectivity index (χ0v) is 37.8. The zero-order chi connectivity index (χ0) is 42.8. The molecule has 0 radical (unpaired) electrons. The number of likely N-dealkylation sites (N-methyl/N-ethyl adjacent to an activating group) is 1. The first-order chi connectivity index (χ1) is 25.1. The highest BCUT2D eigenvalue weighted by atomic mass is 16.7. The molecule has 13 nitrogen and oxygen atoms in total. The minimum Gasteiger partial charge on any atom is -0.459 e. The number of carbonyl (C=O) groups excluding carboxylic acids is 1. The second-order valence-corrected chi connectivity index (χ2v) is 15.3. The predicted molar refractivity (Wildman–Crippen MR) is 215 cm³/mol. The number of aliphatic hydroxyl groups is 4. The Morgan fingerprint density at radius 3 is 2.06 bits per heavy atom. The van der Waals surface area contributed by atoms with Crippen LogP contribution in [0, 0.1) is 11.3 Å². The number of cyclic esters (lactones) is 1. The van der Waals surface area contributed by atoms with Gasteiger partial charge in [-0.2, -0.15) is 0 Å². The van der Waals surface area contributed by atoms with Crippen LogP contribution in [0.3, 0.4) is 0 Å². The van der Waals surface area contributed by atoms with E-state index in [1.807, 2.05) is 76.4 Å². The van der Waals surface area contributed by atoms with Crippen molar-refractivity contribution in [3.63, 3.8) is 0 Å². The molecule has 2 saturated heterocycles. The van der Waals surface area contributed by atoms with E-state index >= 15 is 0 Å². The Morgan fingerprint density at radius 1 is 1.02 bits per heavy atom. The highest BCUT2D eigenvalue weighted by Gasteiger charge is 2.49. The average Bonchev–Trinajstić information content (AvgIpc) is 3.15. The smallest absolute Gasteiger partial charge is 0.311 e. The van der Waals surface area contributed by atoms with Gasteiger partial charge in [-0.15, -0.1) is 0 Å². The van der Waals surface area contributed by atoms with Gasteiger partial charge in [0, 0.05) is 38.0 Å². The maximum atomic E-state index is 13.8. The van der Waals surface area contributed by atoms with E-state index in [0.717, 1.165) is 6.42 Å². The molecule has 14 atom stereocenters. The molecule has 2 rings (SSSR count). The molecule has 0 bridgehead atoms. The van der Waals surface area contributed by atoms with Crippen molar-refractivity contribution in [1.82, 2.24) is 9.80 Å². The van der Waals surface area contributed by atoms with E-state index in [0.29, 0.717) is 13.0 Å². The molecule has 0 aromatic carbocycles. The Labute approximate surface area is 330 Å². The van der Waals surface area contributed by atoms with Crippen molar-refractivity contribution < 1.29 is 53.6 Å². The van der Waals surface area contributed by atoms with Crippen LogP contribution in [0.5, 0.6) is 0 Å². The van der Waals surface area contributed by atoms with E-state index in [9.17, 15) is 25.2 Å². The molecule has 0 aromatic rings. The fourth-order valence-corrected chi connectivity index (χ4v) is 6.74. The number of rotatable bonds is 12. The van der Waals surface area contributed by atoms with Crippen molar-refractivity contribution in [3.8, 4) is 0 Å². The number of methoxy groups -OCH3 is 1. The molecular formula is C41H86N2O11.